The van der Waals surface area contributed by atoms with Crippen molar-refractivity contribution >= 4 is 15.9 Å². The standard InChI is InChI=1S/C20H29FN2O3S/c1-15-14-18(8-9-19(15)21)27(25,26)23-12-10-16(11-13-23)20(24)22-17-6-4-2-3-5-7-17/h8-9,14,16-17H,2-7,10-13H2,1H3,(H,22,24). The van der Waals surface area contributed by atoms with Gasteiger partial charge in [0.05, 0.1) is 4.90 Å². The van der Waals surface area contributed by atoms with Gasteiger partial charge in [0.1, 0.15) is 5.82 Å². The molecule has 0 radical (unpaired) electrons. The minimum absolute atomic E-state index is 0.0663. The number of aryl methyl sites for hydroxylation is 1. The van der Waals surface area contributed by atoms with Crippen molar-refractivity contribution in [3.05, 3.63) is 29.6 Å². The van der Waals surface area contributed by atoms with Crippen LogP contribution in [0.2, 0.25) is 0 Å². The van der Waals surface area contributed by atoms with Crippen LogP contribution in [0.25, 0.3) is 0 Å². The van der Waals surface area contributed by atoms with Crippen LogP contribution >= 0.6 is 0 Å². The summed E-state index contributed by atoms with van der Waals surface area (Å²) >= 11 is 0. The van der Waals surface area contributed by atoms with Gasteiger partial charge in [0.2, 0.25) is 15.9 Å². The normalized spacial score (nSPS) is 21.0. The number of halogens is 1. The Labute approximate surface area is 161 Å². The van der Waals surface area contributed by atoms with Crippen LogP contribution in [-0.4, -0.2) is 37.8 Å². The van der Waals surface area contributed by atoms with Crippen molar-refractivity contribution in [2.24, 2.45) is 5.92 Å². The highest BCUT2D eigenvalue weighted by atomic mass is 32.2. The topological polar surface area (TPSA) is 66.5 Å². The highest BCUT2D eigenvalue weighted by molar-refractivity contribution is 7.89. The number of rotatable bonds is 4. The number of sulfonamides is 1. The van der Waals surface area contributed by atoms with E-state index in [4.69, 9.17) is 0 Å². The van der Waals surface area contributed by atoms with Crippen LogP contribution in [0.15, 0.2) is 23.1 Å². The molecular weight excluding hydrogens is 367 g/mol. The van der Waals surface area contributed by atoms with Crippen LogP contribution < -0.4 is 5.32 Å². The smallest absolute Gasteiger partial charge is 0.243 e. The van der Waals surface area contributed by atoms with Gasteiger partial charge in [-0.25, -0.2) is 12.8 Å². The third kappa shape index (κ3) is 4.88. The van der Waals surface area contributed by atoms with Gasteiger partial charge in [-0.05, 0) is 56.4 Å². The summed E-state index contributed by atoms with van der Waals surface area (Å²) in [7, 11) is -3.65. The molecule has 0 bridgehead atoms. The average Bonchev–Trinajstić information content (AvgIpc) is 2.92. The van der Waals surface area contributed by atoms with Gasteiger partial charge in [-0.3, -0.25) is 4.79 Å². The molecule has 0 spiro atoms. The van der Waals surface area contributed by atoms with Crippen LogP contribution in [0.1, 0.15) is 56.9 Å². The van der Waals surface area contributed by atoms with Gasteiger partial charge in [-0.2, -0.15) is 4.31 Å². The van der Waals surface area contributed by atoms with Gasteiger partial charge in [0.25, 0.3) is 0 Å². The Morgan fingerprint density at radius 2 is 1.70 bits per heavy atom. The van der Waals surface area contributed by atoms with E-state index in [1.807, 2.05) is 0 Å². The second-order valence-electron chi connectivity index (χ2n) is 7.79. The predicted octanol–water partition coefficient (Wildman–Crippen LogP) is 3.37. The maximum Gasteiger partial charge on any atom is 0.243 e. The minimum Gasteiger partial charge on any atom is -0.353 e. The van der Waals surface area contributed by atoms with Gasteiger partial charge < -0.3 is 5.32 Å². The predicted molar refractivity (Wildman–Crippen MR) is 102 cm³/mol. The van der Waals surface area contributed by atoms with E-state index < -0.39 is 15.8 Å². The summed E-state index contributed by atoms with van der Waals surface area (Å²) in [4.78, 5) is 12.7. The molecule has 7 heteroatoms. The van der Waals surface area contributed by atoms with E-state index in [0.717, 1.165) is 12.8 Å². The number of nitrogens with one attached hydrogen (secondary N) is 1. The van der Waals surface area contributed by atoms with Gasteiger partial charge in [-0.1, -0.05) is 25.7 Å². The Morgan fingerprint density at radius 1 is 1.07 bits per heavy atom. The zero-order valence-corrected chi connectivity index (χ0v) is 16.7. The van der Waals surface area contributed by atoms with Crippen LogP contribution in [0, 0.1) is 18.7 Å². The second kappa shape index (κ2) is 8.69. The molecule has 1 aliphatic heterocycles. The number of piperidine rings is 1. The van der Waals surface area contributed by atoms with E-state index in [2.05, 4.69) is 5.32 Å². The molecule has 27 heavy (non-hydrogen) atoms. The van der Waals surface area contributed by atoms with Crippen LogP contribution in [0.3, 0.4) is 0 Å². The van der Waals surface area contributed by atoms with Crippen molar-refractivity contribution < 1.29 is 17.6 Å². The fourth-order valence-corrected chi connectivity index (χ4v) is 5.58. The highest BCUT2D eigenvalue weighted by Gasteiger charge is 2.33. The first kappa shape index (κ1) is 20.3. The molecule has 0 aromatic heterocycles. The molecule has 3 rings (SSSR count). The molecule has 1 aliphatic carbocycles. The molecule has 0 atom stereocenters. The SMILES string of the molecule is Cc1cc(S(=O)(=O)N2CCC(C(=O)NC3CCCCCC3)CC2)ccc1F. The molecule has 1 aromatic rings. The third-order valence-electron chi connectivity index (χ3n) is 5.79. The van der Waals surface area contributed by atoms with Gasteiger partial charge >= 0.3 is 0 Å². The first-order valence-electron chi connectivity index (χ1n) is 9.94. The monoisotopic (exact) mass is 396 g/mol. The first-order chi connectivity index (χ1) is 12.9. The number of carbonyl (C=O) groups is 1. The lowest BCUT2D eigenvalue weighted by molar-refractivity contribution is -0.126. The summed E-state index contributed by atoms with van der Waals surface area (Å²) in [5, 5.41) is 3.18. The third-order valence-corrected chi connectivity index (χ3v) is 7.69. The summed E-state index contributed by atoms with van der Waals surface area (Å²) in [6, 6.07) is 4.14. The molecule has 0 unspecified atom stereocenters. The van der Waals surface area contributed by atoms with Crippen molar-refractivity contribution in [2.45, 2.75) is 69.2 Å². The van der Waals surface area contributed by atoms with Gasteiger partial charge in [0, 0.05) is 25.0 Å². The fraction of sp³-hybridized carbons (Fsp3) is 0.650. The van der Waals surface area contributed by atoms with Crippen molar-refractivity contribution in [1.82, 2.24) is 9.62 Å². The maximum absolute atomic E-state index is 13.4. The number of benzene rings is 1. The molecule has 150 valence electrons. The second-order valence-corrected chi connectivity index (χ2v) is 9.72. The molecule has 2 fully saturated rings. The molecule has 1 saturated carbocycles. The maximum atomic E-state index is 13.4. The molecule has 1 amide bonds. The van der Waals surface area contributed by atoms with E-state index in [0.29, 0.717) is 31.5 Å². The lowest BCUT2D eigenvalue weighted by Crippen LogP contribution is -2.45. The molecule has 1 N–H and O–H groups in total. The van der Waals surface area contributed by atoms with Crippen molar-refractivity contribution in [2.75, 3.05) is 13.1 Å². The summed E-state index contributed by atoms with van der Waals surface area (Å²) in [5.74, 6) is -0.478. The Hall–Kier alpha value is -1.47. The van der Waals surface area contributed by atoms with Crippen LogP contribution in [0.4, 0.5) is 4.39 Å². The minimum atomic E-state index is -3.65. The zero-order chi connectivity index (χ0) is 19.4. The Morgan fingerprint density at radius 3 is 2.30 bits per heavy atom. The van der Waals surface area contributed by atoms with E-state index in [-0.39, 0.29) is 22.8 Å². The average molecular weight is 397 g/mol. The number of carbonyl (C=O) groups excluding carboxylic acids is 1. The lowest BCUT2D eigenvalue weighted by Gasteiger charge is -2.31. The Balaban J connectivity index is 1.57. The number of nitrogens with zero attached hydrogens (tertiary/aromatic N) is 1. The van der Waals surface area contributed by atoms with Crippen molar-refractivity contribution in [1.29, 1.82) is 0 Å². The Kier molecular flexibility index (Phi) is 6.52. The molecular formula is C20H29FN2O3S. The van der Waals surface area contributed by atoms with Gasteiger partial charge in [-0.15, -0.1) is 0 Å². The Bertz CT molecular complexity index is 765. The van der Waals surface area contributed by atoms with E-state index >= 15 is 0 Å². The number of hydrogen-bond donors (Lipinski definition) is 1. The molecule has 5 nitrogen and oxygen atoms in total. The van der Waals surface area contributed by atoms with Crippen molar-refractivity contribution in [3.63, 3.8) is 0 Å². The van der Waals surface area contributed by atoms with E-state index in [1.54, 1.807) is 6.92 Å². The van der Waals surface area contributed by atoms with Gasteiger partial charge in [0.15, 0.2) is 0 Å². The summed E-state index contributed by atoms with van der Waals surface area (Å²) < 4.78 is 40.4. The van der Waals surface area contributed by atoms with E-state index in [1.165, 1.54) is 48.2 Å². The molecule has 2 aliphatic rings. The summed E-state index contributed by atoms with van der Waals surface area (Å²) in [6.07, 6.45) is 7.95. The zero-order valence-electron chi connectivity index (χ0n) is 15.9. The largest absolute Gasteiger partial charge is 0.353 e. The fourth-order valence-electron chi connectivity index (χ4n) is 4.03. The summed E-state index contributed by atoms with van der Waals surface area (Å²) in [5.41, 5.74) is 0.314. The molecule has 1 saturated heterocycles. The molecule has 1 aromatic carbocycles. The van der Waals surface area contributed by atoms with Crippen LogP contribution in [-0.2, 0) is 14.8 Å². The number of hydrogen-bond acceptors (Lipinski definition) is 3. The van der Waals surface area contributed by atoms with E-state index in [9.17, 15) is 17.6 Å². The lowest BCUT2D eigenvalue weighted by atomic mass is 9.96. The van der Waals surface area contributed by atoms with Crippen LogP contribution in [0.5, 0.6) is 0 Å². The van der Waals surface area contributed by atoms with Crippen molar-refractivity contribution in [3.8, 4) is 0 Å². The quantitative estimate of drug-likeness (QED) is 0.794. The summed E-state index contributed by atoms with van der Waals surface area (Å²) in [6.45, 7) is 2.20. The molecule has 1 heterocycles. The highest BCUT2D eigenvalue weighted by Crippen LogP contribution is 2.26. The number of amides is 1. The first-order valence-corrected chi connectivity index (χ1v) is 11.4.